The fourth-order valence-corrected chi connectivity index (χ4v) is 2.36. The zero-order chi connectivity index (χ0) is 14.4. The van der Waals surface area contributed by atoms with Crippen LogP contribution in [0.2, 0.25) is 0 Å². The van der Waals surface area contributed by atoms with E-state index in [9.17, 15) is 9.59 Å². The fraction of sp³-hybridized carbons (Fsp3) is 0.467. The Balaban J connectivity index is 2.08. The number of hydrogen-bond donors (Lipinski definition) is 3. The summed E-state index contributed by atoms with van der Waals surface area (Å²) >= 11 is 0. The van der Waals surface area contributed by atoms with Gasteiger partial charge in [0.2, 0.25) is 5.91 Å². The van der Waals surface area contributed by atoms with Crippen LogP contribution in [-0.4, -0.2) is 31.4 Å². The summed E-state index contributed by atoms with van der Waals surface area (Å²) in [6.45, 7) is 4.18. The third-order valence-corrected chi connectivity index (χ3v) is 3.48. The van der Waals surface area contributed by atoms with Gasteiger partial charge in [-0.2, -0.15) is 0 Å². The smallest absolute Gasteiger partial charge is 0.253 e. The number of benzene rings is 1. The Kier molecular flexibility index (Phi) is 5.12. The number of hydrogen-bond acceptors (Lipinski definition) is 3. The predicted molar refractivity (Wildman–Crippen MR) is 78.7 cm³/mol. The van der Waals surface area contributed by atoms with Crippen molar-refractivity contribution < 1.29 is 9.59 Å². The van der Waals surface area contributed by atoms with Crippen LogP contribution in [0.1, 0.15) is 30.1 Å². The quantitative estimate of drug-likeness (QED) is 0.777. The number of nitrogens with one attached hydrogen (secondary N) is 3. The van der Waals surface area contributed by atoms with Gasteiger partial charge in [0.25, 0.3) is 5.91 Å². The molecule has 1 heterocycles. The van der Waals surface area contributed by atoms with E-state index in [0.29, 0.717) is 17.8 Å². The summed E-state index contributed by atoms with van der Waals surface area (Å²) in [5.41, 5.74) is 1.10. The lowest BCUT2D eigenvalue weighted by atomic mass is 9.97. The number of para-hydroxylation sites is 1. The van der Waals surface area contributed by atoms with Crippen molar-refractivity contribution in [3.63, 3.8) is 0 Å². The second kappa shape index (κ2) is 7.05. The summed E-state index contributed by atoms with van der Waals surface area (Å²) in [5, 5.41) is 8.88. The van der Waals surface area contributed by atoms with Gasteiger partial charge in [0.15, 0.2) is 0 Å². The average molecular weight is 275 g/mol. The van der Waals surface area contributed by atoms with Crippen LogP contribution in [0.4, 0.5) is 5.69 Å². The van der Waals surface area contributed by atoms with Crippen LogP contribution in [0.15, 0.2) is 24.3 Å². The molecular formula is C15H21N3O2. The van der Waals surface area contributed by atoms with Gasteiger partial charge in [-0.15, -0.1) is 0 Å². The molecule has 1 saturated heterocycles. The standard InChI is InChI=1S/C15H21N3O2/c1-2-17-15(20)12-5-3-4-6-13(12)18-14(19)11-7-9-16-10-8-11/h3-6,11,16H,2,7-10H2,1H3,(H,17,20)(H,18,19). The molecule has 1 aliphatic rings. The molecule has 0 unspecified atom stereocenters. The monoisotopic (exact) mass is 275 g/mol. The molecule has 1 aromatic carbocycles. The highest BCUT2D eigenvalue weighted by atomic mass is 16.2. The molecule has 0 spiro atoms. The van der Waals surface area contributed by atoms with Gasteiger partial charge in [-0.1, -0.05) is 12.1 Å². The molecule has 1 aliphatic heterocycles. The van der Waals surface area contributed by atoms with Crippen molar-refractivity contribution in [1.82, 2.24) is 10.6 Å². The largest absolute Gasteiger partial charge is 0.352 e. The number of anilines is 1. The molecule has 3 N–H and O–H groups in total. The van der Waals surface area contributed by atoms with Gasteiger partial charge in [0.05, 0.1) is 11.3 Å². The summed E-state index contributed by atoms with van der Waals surface area (Å²) in [5.74, 6) is -0.129. The Morgan fingerprint density at radius 1 is 1.25 bits per heavy atom. The molecule has 0 aliphatic carbocycles. The van der Waals surface area contributed by atoms with Crippen LogP contribution in [0.25, 0.3) is 0 Å². The zero-order valence-electron chi connectivity index (χ0n) is 11.7. The van der Waals surface area contributed by atoms with Gasteiger partial charge in [0, 0.05) is 12.5 Å². The molecule has 0 radical (unpaired) electrons. The van der Waals surface area contributed by atoms with Crippen molar-refractivity contribution in [2.75, 3.05) is 25.0 Å². The van der Waals surface area contributed by atoms with Gasteiger partial charge in [0.1, 0.15) is 0 Å². The van der Waals surface area contributed by atoms with Crippen LogP contribution in [0, 0.1) is 5.92 Å². The van der Waals surface area contributed by atoms with E-state index in [1.807, 2.05) is 13.0 Å². The van der Waals surface area contributed by atoms with Crippen molar-refractivity contribution in [1.29, 1.82) is 0 Å². The van der Waals surface area contributed by atoms with E-state index in [1.54, 1.807) is 18.2 Å². The second-order valence-corrected chi connectivity index (χ2v) is 4.92. The topological polar surface area (TPSA) is 70.2 Å². The van der Waals surface area contributed by atoms with Crippen LogP contribution in [0.5, 0.6) is 0 Å². The van der Waals surface area contributed by atoms with Crippen LogP contribution in [0.3, 0.4) is 0 Å². The maximum atomic E-state index is 12.2. The van der Waals surface area contributed by atoms with Crippen molar-refractivity contribution >= 4 is 17.5 Å². The van der Waals surface area contributed by atoms with Gasteiger partial charge < -0.3 is 16.0 Å². The first-order valence-electron chi connectivity index (χ1n) is 7.11. The van der Waals surface area contributed by atoms with Crippen LogP contribution >= 0.6 is 0 Å². The van der Waals surface area contributed by atoms with Crippen molar-refractivity contribution in [2.45, 2.75) is 19.8 Å². The summed E-state index contributed by atoms with van der Waals surface area (Å²) < 4.78 is 0. The number of amides is 2. The SMILES string of the molecule is CCNC(=O)c1ccccc1NC(=O)C1CCNCC1. The molecule has 20 heavy (non-hydrogen) atoms. The lowest BCUT2D eigenvalue weighted by molar-refractivity contribution is -0.120. The maximum absolute atomic E-state index is 12.2. The van der Waals surface area contributed by atoms with Gasteiger partial charge in [-0.3, -0.25) is 9.59 Å². The van der Waals surface area contributed by atoms with Crippen molar-refractivity contribution in [2.24, 2.45) is 5.92 Å². The number of carbonyl (C=O) groups excluding carboxylic acids is 2. The van der Waals surface area contributed by atoms with Crippen molar-refractivity contribution in [3.8, 4) is 0 Å². The minimum atomic E-state index is -0.159. The zero-order valence-corrected chi connectivity index (χ0v) is 11.7. The fourth-order valence-electron chi connectivity index (χ4n) is 2.36. The van der Waals surface area contributed by atoms with E-state index >= 15 is 0 Å². The summed E-state index contributed by atoms with van der Waals surface area (Å²) in [4.78, 5) is 24.2. The normalized spacial score (nSPS) is 15.7. The predicted octanol–water partition coefficient (Wildman–Crippen LogP) is 1.37. The van der Waals surface area contributed by atoms with Gasteiger partial charge in [-0.05, 0) is 45.0 Å². The van der Waals surface area contributed by atoms with Crippen molar-refractivity contribution in [3.05, 3.63) is 29.8 Å². The minimum Gasteiger partial charge on any atom is -0.352 e. The van der Waals surface area contributed by atoms with Gasteiger partial charge in [-0.25, -0.2) is 0 Å². The Morgan fingerprint density at radius 2 is 1.95 bits per heavy atom. The molecule has 0 aromatic heterocycles. The Morgan fingerprint density at radius 3 is 2.65 bits per heavy atom. The number of piperidine rings is 1. The van der Waals surface area contributed by atoms with E-state index in [1.165, 1.54) is 0 Å². The molecule has 108 valence electrons. The third-order valence-electron chi connectivity index (χ3n) is 3.48. The summed E-state index contributed by atoms with van der Waals surface area (Å²) in [6, 6.07) is 7.11. The van der Waals surface area contributed by atoms with E-state index in [4.69, 9.17) is 0 Å². The Labute approximate surface area is 119 Å². The molecule has 0 atom stereocenters. The molecule has 2 amide bonds. The van der Waals surface area contributed by atoms with Crippen LogP contribution < -0.4 is 16.0 Å². The Hall–Kier alpha value is -1.88. The first kappa shape index (κ1) is 14.5. The summed E-state index contributed by atoms with van der Waals surface area (Å²) in [6.07, 6.45) is 1.68. The first-order valence-corrected chi connectivity index (χ1v) is 7.11. The molecular weight excluding hydrogens is 254 g/mol. The minimum absolute atomic E-state index is 0.00301. The Bertz CT molecular complexity index is 482. The second-order valence-electron chi connectivity index (χ2n) is 4.92. The van der Waals surface area contributed by atoms with Gasteiger partial charge >= 0.3 is 0 Å². The maximum Gasteiger partial charge on any atom is 0.253 e. The lowest BCUT2D eigenvalue weighted by Gasteiger charge is -2.22. The highest BCUT2D eigenvalue weighted by molar-refractivity contribution is 6.04. The van der Waals surface area contributed by atoms with E-state index in [0.717, 1.165) is 25.9 Å². The van der Waals surface area contributed by atoms with E-state index in [-0.39, 0.29) is 17.7 Å². The summed E-state index contributed by atoms with van der Waals surface area (Å²) in [7, 11) is 0. The average Bonchev–Trinajstić information content (AvgIpc) is 2.49. The molecule has 1 aromatic rings. The molecule has 1 fully saturated rings. The first-order chi connectivity index (χ1) is 9.72. The highest BCUT2D eigenvalue weighted by Crippen LogP contribution is 2.19. The lowest BCUT2D eigenvalue weighted by Crippen LogP contribution is -2.35. The highest BCUT2D eigenvalue weighted by Gasteiger charge is 2.22. The number of carbonyl (C=O) groups is 2. The third kappa shape index (κ3) is 3.57. The number of rotatable bonds is 4. The molecule has 5 nitrogen and oxygen atoms in total. The molecule has 0 saturated carbocycles. The molecule has 2 rings (SSSR count). The molecule has 0 bridgehead atoms. The van der Waals surface area contributed by atoms with Crippen LogP contribution in [-0.2, 0) is 4.79 Å². The van der Waals surface area contributed by atoms with E-state index in [2.05, 4.69) is 16.0 Å². The molecule has 5 heteroatoms. The van der Waals surface area contributed by atoms with E-state index < -0.39 is 0 Å².